The van der Waals surface area contributed by atoms with Crippen molar-refractivity contribution in [3.05, 3.63) is 39.6 Å². The molecule has 0 saturated carbocycles. The monoisotopic (exact) mass is 328 g/mol. The molecule has 0 aliphatic carbocycles. The van der Waals surface area contributed by atoms with Crippen molar-refractivity contribution in [3.63, 3.8) is 0 Å². The van der Waals surface area contributed by atoms with Crippen LogP contribution in [-0.2, 0) is 6.54 Å². The molecule has 1 aromatic heterocycles. The summed E-state index contributed by atoms with van der Waals surface area (Å²) in [5, 5.41) is 3.08. The number of aromatic nitrogens is 1. The average Bonchev–Trinajstić information content (AvgIpc) is 2.89. The number of hydrogen-bond acceptors (Lipinski definition) is 4. The van der Waals surface area contributed by atoms with Gasteiger partial charge in [0.25, 0.3) is 0 Å². The summed E-state index contributed by atoms with van der Waals surface area (Å²) in [6.07, 6.45) is 3.54. The zero-order valence-corrected chi connectivity index (χ0v) is 13.6. The van der Waals surface area contributed by atoms with Gasteiger partial charge in [-0.25, -0.2) is 9.37 Å². The van der Waals surface area contributed by atoms with Gasteiger partial charge in [-0.1, -0.05) is 31.5 Å². The first-order valence-corrected chi connectivity index (χ1v) is 8.12. The first-order valence-electron chi connectivity index (χ1n) is 6.93. The van der Waals surface area contributed by atoms with Gasteiger partial charge in [0.1, 0.15) is 17.3 Å². The van der Waals surface area contributed by atoms with Crippen LogP contribution in [0.25, 0.3) is 0 Å². The largest absolute Gasteiger partial charge is 0.488 e. The van der Waals surface area contributed by atoms with Gasteiger partial charge in [-0.05, 0) is 25.0 Å². The topological polar surface area (TPSA) is 34.1 Å². The molecular weight excluding hydrogens is 311 g/mol. The second-order valence-corrected chi connectivity index (χ2v) is 6.30. The van der Waals surface area contributed by atoms with E-state index in [9.17, 15) is 4.39 Å². The Morgan fingerprint density at radius 1 is 1.38 bits per heavy atom. The van der Waals surface area contributed by atoms with Crippen LogP contribution in [0.5, 0.6) is 5.75 Å². The van der Waals surface area contributed by atoms with E-state index in [1.54, 1.807) is 18.3 Å². The molecule has 0 unspecified atom stereocenters. The third kappa shape index (κ3) is 4.32. The molecule has 2 rings (SSSR count). The lowest BCUT2D eigenvalue weighted by Gasteiger charge is -2.19. The lowest BCUT2D eigenvalue weighted by Crippen LogP contribution is -2.15. The Morgan fingerprint density at radius 2 is 2.14 bits per heavy atom. The molecule has 21 heavy (non-hydrogen) atoms. The molecule has 1 aromatic carbocycles. The van der Waals surface area contributed by atoms with Crippen molar-refractivity contribution in [1.82, 2.24) is 4.98 Å². The Bertz CT molecular complexity index is 587. The Kier molecular flexibility index (Phi) is 5.82. The fraction of sp³-hybridized carbons (Fsp3) is 0.400. The molecule has 114 valence electrons. The summed E-state index contributed by atoms with van der Waals surface area (Å²) < 4.78 is 20.4. The minimum absolute atomic E-state index is 0.0881. The van der Waals surface area contributed by atoms with Gasteiger partial charge in [-0.15, -0.1) is 11.3 Å². The number of hydrogen-bond donors (Lipinski definition) is 1. The summed E-state index contributed by atoms with van der Waals surface area (Å²) in [7, 11) is 0. The summed E-state index contributed by atoms with van der Waals surface area (Å²) in [6, 6.07) is 4.85. The van der Waals surface area contributed by atoms with Crippen LogP contribution in [0.4, 0.5) is 10.1 Å². The zero-order valence-electron chi connectivity index (χ0n) is 12.0. The van der Waals surface area contributed by atoms with Crippen LogP contribution in [0.2, 0.25) is 4.47 Å². The van der Waals surface area contributed by atoms with Gasteiger partial charge in [-0.3, -0.25) is 0 Å². The fourth-order valence-electron chi connectivity index (χ4n) is 1.95. The number of para-hydroxylation sites is 1. The summed E-state index contributed by atoms with van der Waals surface area (Å²) >= 11 is 7.16. The third-order valence-corrected chi connectivity index (χ3v) is 4.26. The standard InChI is InChI=1S/C15H18ClFN2OS/c1-3-10(4-2)20-13-7-5-6-12(17)14(13)18-8-11-9-19-15(16)21-11/h5-7,9-10,18H,3-4,8H2,1-2H3. The molecular formula is C15H18ClFN2OS. The highest BCUT2D eigenvalue weighted by atomic mass is 35.5. The third-order valence-electron chi connectivity index (χ3n) is 3.14. The first kappa shape index (κ1) is 16.0. The van der Waals surface area contributed by atoms with E-state index >= 15 is 0 Å². The summed E-state index contributed by atoms with van der Waals surface area (Å²) in [4.78, 5) is 4.91. The molecule has 0 atom stereocenters. The molecule has 0 saturated heterocycles. The van der Waals surface area contributed by atoms with Crippen molar-refractivity contribution in [2.45, 2.75) is 39.3 Å². The summed E-state index contributed by atoms with van der Waals surface area (Å²) in [5.41, 5.74) is 0.383. The predicted octanol–water partition coefficient (Wildman–Crippen LogP) is 5.12. The summed E-state index contributed by atoms with van der Waals surface area (Å²) in [6.45, 7) is 4.57. The van der Waals surface area contributed by atoms with Crippen molar-refractivity contribution in [2.75, 3.05) is 5.32 Å². The molecule has 6 heteroatoms. The second kappa shape index (κ2) is 7.61. The molecule has 1 N–H and O–H groups in total. The maximum Gasteiger partial charge on any atom is 0.183 e. The van der Waals surface area contributed by atoms with Gasteiger partial charge in [-0.2, -0.15) is 0 Å². The van der Waals surface area contributed by atoms with E-state index in [1.165, 1.54) is 17.4 Å². The number of anilines is 1. The van der Waals surface area contributed by atoms with Crippen LogP contribution in [0.15, 0.2) is 24.4 Å². The molecule has 0 aliphatic rings. The van der Waals surface area contributed by atoms with Gasteiger partial charge in [0, 0.05) is 11.1 Å². The van der Waals surface area contributed by atoms with Crippen LogP contribution < -0.4 is 10.1 Å². The van der Waals surface area contributed by atoms with Crippen molar-refractivity contribution in [1.29, 1.82) is 0 Å². The second-order valence-electron chi connectivity index (χ2n) is 4.60. The Balaban J connectivity index is 2.13. The van der Waals surface area contributed by atoms with E-state index < -0.39 is 0 Å². The summed E-state index contributed by atoms with van der Waals surface area (Å²) in [5.74, 6) is 0.216. The number of halogens is 2. The van der Waals surface area contributed by atoms with Gasteiger partial charge in [0.15, 0.2) is 4.47 Å². The Labute approximate surface area is 133 Å². The molecule has 0 bridgehead atoms. The lowest BCUT2D eigenvalue weighted by atomic mass is 10.2. The van der Waals surface area contributed by atoms with Crippen LogP contribution in [0.1, 0.15) is 31.6 Å². The molecule has 2 aromatic rings. The van der Waals surface area contributed by atoms with E-state index in [2.05, 4.69) is 24.1 Å². The maximum absolute atomic E-state index is 14.0. The number of nitrogens with zero attached hydrogens (tertiary/aromatic N) is 1. The highest BCUT2D eigenvalue weighted by molar-refractivity contribution is 7.15. The number of benzene rings is 1. The lowest BCUT2D eigenvalue weighted by molar-refractivity contribution is 0.193. The van der Waals surface area contributed by atoms with E-state index in [4.69, 9.17) is 16.3 Å². The molecule has 0 radical (unpaired) electrons. The van der Waals surface area contributed by atoms with Crippen LogP contribution in [0, 0.1) is 5.82 Å². The molecule has 0 amide bonds. The normalized spacial score (nSPS) is 10.9. The fourth-order valence-corrected chi connectivity index (χ4v) is 2.87. The molecule has 0 aliphatic heterocycles. The van der Waals surface area contributed by atoms with Gasteiger partial charge < -0.3 is 10.1 Å². The number of ether oxygens (including phenoxy) is 1. The smallest absolute Gasteiger partial charge is 0.183 e. The Hall–Kier alpha value is -1.33. The van der Waals surface area contributed by atoms with Crippen LogP contribution in [-0.4, -0.2) is 11.1 Å². The van der Waals surface area contributed by atoms with Crippen molar-refractivity contribution in [3.8, 4) is 5.75 Å². The van der Waals surface area contributed by atoms with Crippen molar-refractivity contribution in [2.24, 2.45) is 0 Å². The minimum Gasteiger partial charge on any atom is -0.488 e. The van der Waals surface area contributed by atoms with E-state index in [-0.39, 0.29) is 11.9 Å². The number of rotatable bonds is 7. The van der Waals surface area contributed by atoms with E-state index in [1.807, 2.05) is 0 Å². The van der Waals surface area contributed by atoms with Crippen molar-refractivity contribution < 1.29 is 9.13 Å². The highest BCUT2D eigenvalue weighted by Crippen LogP contribution is 2.30. The number of nitrogens with one attached hydrogen (secondary N) is 1. The highest BCUT2D eigenvalue weighted by Gasteiger charge is 2.13. The molecule has 0 spiro atoms. The van der Waals surface area contributed by atoms with Gasteiger partial charge in [0.05, 0.1) is 12.6 Å². The first-order chi connectivity index (χ1) is 10.1. The SMILES string of the molecule is CCC(CC)Oc1cccc(F)c1NCc1cnc(Cl)s1. The average molecular weight is 329 g/mol. The quantitative estimate of drug-likeness (QED) is 0.766. The van der Waals surface area contributed by atoms with Crippen LogP contribution in [0.3, 0.4) is 0 Å². The minimum atomic E-state index is -0.325. The predicted molar refractivity (Wildman–Crippen MR) is 85.8 cm³/mol. The molecule has 1 heterocycles. The van der Waals surface area contributed by atoms with Crippen LogP contribution >= 0.6 is 22.9 Å². The maximum atomic E-state index is 14.0. The van der Waals surface area contributed by atoms with Gasteiger partial charge >= 0.3 is 0 Å². The van der Waals surface area contributed by atoms with E-state index in [0.717, 1.165) is 17.7 Å². The van der Waals surface area contributed by atoms with Gasteiger partial charge in [0.2, 0.25) is 0 Å². The zero-order chi connectivity index (χ0) is 15.2. The Morgan fingerprint density at radius 3 is 2.76 bits per heavy atom. The molecule has 0 fully saturated rings. The van der Waals surface area contributed by atoms with E-state index in [0.29, 0.717) is 22.4 Å². The number of thiazole rings is 1. The molecule has 3 nitrogen and oxygen atoms in total. The van der Waals surface area contributed by atoms with Crippen molar-refractivity contribution >= 4 is 28.6 Å².